The first-order valence-corrected chi connectivity index (χ1v) is 6.18. The van der Waals surface area contributed by atoms with Crippen molar-refractivity contribution in [3.8, 4) is 0 Å². The molecule has 0 radical (unpaired) electrons. The predicted molar refractivity (Wildman–Crippen MR) is 73.6 cm³/mol. The first-order chi connectivity index (χ1) is 9.10. The zero-order valence-corrected chi connectivity index (χ0v) is 11.2. The smallest absolute Gasteiger partial charge is 0.257 e. The number of amides is 1. The lowest BCUT2D eigenvalue weighted by atomic mass is 10.1. The molecule has 0 aliphatic rings. The Morgan fingerprint density at radius 1 is 1.26 bits per heavy atom. The monoisotopic (exact) mass is 258 g/mol. The van der Waals surface area contributed by atoms with Gasteiger partial charge in [-0.25, -0.2) is 0 Å². The standard InChI is InChI=1S/C15H18N2O2/c1-11-7-14(10-19-11)15(18)17(2)9-13-5-3-12(8-16)4-6-13/h3-7,10H,8-9,16H2,1-2H3. The summed E-state index contributed by atoms with van der Waals surface area (Å²) in [5, 5.41) is 0. The maximum atomic E-state index is 12.1. The Kier molecular flexibility index (Phi) is 4.02. The topological polar surface area (TPSA) is 59.5 Å². The second-order valence-corrected chi connectivity index (χ2v) is 4.63. The summed E-state index contributed by atoms with van der Waals surface area (Å²) >= 11 is 0. The molecule has 0 aliphatic carbocycles. The van der Waals surface area contributed by atoms with Gasteiger partial charge in [-0.15, -0.1) is 0 Å². The lowest BCUT2D eigenvalue weighted by Crippen LogP contribution is -2.25. The van der Waals surface area contributed by atoms with Crippen LogP contribution >= 0.6 is 0 Å². The molecule has 100 valence electrons. The van der Waals surface area contributed by atoms with E-state index in [-0.39, 0.29) is 5.91 Å². The lowest BCUT2D eigenvalue weighted by Gasteiger charge is -2.16. The highest BCUT2D eigenvalue weighted by molar-refractivity contribution is 5.93. The van der Waals surface area contributed by atoms with E-state index in [0.29, 0.717) is 18.7 Å². The van der Waals surface area contributed by atoms with Gasteiger partial charge in [0.2, 0.25) is 0 Å². The van der Waals surface area contributed by atoms with Crippen LogP contribution in [0.25, 0.3) is 0 Å². The molecule has 1 heterocycles. The van der Waals surface area contributed by atoms with Crippen molar-refractivity contribution in [1.82, 2.24) is 4.90 Å². The number of nitrogens with two attached hydrogens (primary N) is 1. The Hall–Kier alpha value is -2.07. The molecule has 0 aliphatic heterocycles. The summed E-state index contributed by atoms with van der Waals surface area (Å²) in [6.07, 6.45) is 1.49. The molecule has 0 fully saturated rings. The molecule has 1 aromatic carbocycles. The summed E-state index contributed by atoms with van der Waals surface area (Å²) in [5.74, 6) is 0.698. The van der Waals surface area contributed by atoms with E-state index in [1.165, 1.54) is 6.26 Å². The van der Waals surface area contributed by atoms with Gasteiger partial charge in [-0.2, -0.15) is 0 Å². The Balaban J connectivity index is 2.03. The highest BCUT2D eigenvalue weighted by Crippen LogP contribution is 2.12. The fourth-order valence-electron chi connectivity index (χ4n) is 1.90. The van der Waals surface area contributed by atoms with Gasteiger partial charge in [0.1, 0.15) is 12.0 Å². The molecule has 4 nitrogen and oxygen atoms in total. The van der Waals surface area contributed by atoms with Crippen molar-refractivity contribution >= 4 is 5.91 Å². The van der Waals surface area contributed by atoms with Crippen LogP contribution in [0.3, 0.4) is 0 Å². The molecule has 2 rings (SSSR count). The average Bonchev–Trinajstić information content (AvgIpc) is 2.85. The van der Waals surface area contributed by atoms with Gasteiger partial charge in [-0.1, -0.05) is 24.3 Å². The van der Waals surface area contributed by atoms with Crippen LogP contribution in [-0.4, -0.2) is 17.9 Å². The van der Waals surface area contributed by atoms with E-state index in [0.717, 1.165) is 16.9 Å². The van der Waals surface area contributed by atoms with Gasteiger partial charge in [-0.3, -0.25) is 4.79 Å². The molecule has 0 atom stereocenters. The van der Waals surface area contributed by atoms with Crippen molar-refractivity contribution < 1.29 is 9.21 Å². The Bertz CT molecular complexity index is 558. The molecule has 4 heteroatoms. The SMILES string of the molecule is Cc1cc(C(=O)N(C)Cc2ccc(CN)cc2)co1. The second-order valence-electron chi connectivity index (χ2n) is 4.63. The van der Waals surface area contributed by atoms with Crippen LogP contribution in [0.15, 0.2) is 41.0 Å². The first-order valence-electron chi connectivity index (χ1n) is 6.18. The van der Waals surface area contributed by atoms with Gasteiger partial charge in [-0.05, 0) is 24.1 Å². The zero-order chi connectivity index (χ0) is 13.8. The van der Waals surface area contributed by atoms with Crippen LogP contribution < -0.4 is 5.73 Å². The molecular weight excluding hydrogens is 240 g/mol. The summed E-state index contributed by atoms with van der Waals surface area (Å²) in [5.41, 5.74) is 8.30. The van der Waals surface area contributed by atoms with Crippen molar-refractivity contribution in [1.29, 1.82) is 0 Å². The number of rotatable bonds is 4. The second kappa shape index (κ2) is 5.71. The average molecular weight is 258 g/mol. The summed E-state index contributed by atoms with van der Waals surface area (Å²) < 4.78 is 5.15. The first kappa shape index (κ1) is 13.4. The largest absolute Gasteiger partial charge is 0.469 e. The minimum Gasteiger partial charge on any atom is -0.469 e. The third-order valence-corrected chi connectivity index (χ3v) is 3.00. The van der Waals surface area contributed by atoms with Gasteiger partial charge in [0.25, 0.3) is 5.91 Å². The fourth-order valence-corrected chi connectivity index (χ4v) is 1.90. The van der Waals surface area contributed by atoms with Crippen molar-refractivity contribution in [3.05, 3.63) is 59.0 Å². The van der Waals surface area contributed by atoms with Crippen molar-refractivity contribution in [2.24, 2.45) is 5.73 Å². The molecule has 0 spiro atoms. The van der Waals surface area contributed by atoms with Crippen molar-refractivity contribution in [3.63, 3.8) is 0 Å². The van der Waals surface area contributed by atoms with Gasteiger partial charge in [0, 0.05) is 20.1 Å². The predicted octanol–water partition coefficient (Wildman–Crippen LogP) is 2.32. The number of hydrogen-bond donors (Lipinski definition) is 1. The number of nitrogens with zero attached hydrogens (tertiary/aromatic N) is 1. The van der Waals surface area contributed by atoms with Crippen LogP contribution in [0, 0.1) is 6.92 Å². The van der Waals surface area contributed by atoms with E-state index in [1.807, 2.05) is 31.2 Å². The quantitative estimate of drug-likeness (QED) is 0.915. The maximum Gasteiger partial charge on any atom is 0.257 e. The van der Waals surface area contributed by atoms with Crippen molar-refractivity contribution in [2.45, 2.75) is 20.0 Å². The molecule has 2 N–H and O–H groups in total. The van der Waals surface area contributed by atoms with E-state index < -0.39 is 0 Å². The summed E-state index contributed by atoms with van der Waals surface area (Å²) in [4.78, 5) is 13.8. The van der Waals surface area contributed by atoms with E-state index in [2.05, 4.69) is 0 Å². The number of hydrogen-bond acceptors (Lipinski definition) is 3. The normalized spacial score (nSPS) is 10.5. The minimum atomic E-state index is -0.0419. The number of carbonyl (C=O) groups is 1. The van der Waals surface area contributed by atoms with E-state index in [1.54, 1.807) is 18.0 Å². The number of furan rings is 1. The molecule has 0 saturated heterocycles. The third kappa shape index (κ3) is 3.23. The Morgan fingerprint density at radius 2 is 1.89 bits per heavy atom. The number of aryl methyl sites for hydroxylation is 1. The highest BCUT2D eigenvalue weighted by atomic mass is 16.3. The Morgan fingerprint density at radius 3 is 2.42 bits per heavy atom. The van der Waals surface area contributed by atoms with E-state index in [9.17, 15) is 4.79 Å². The van der Waals surface area contributed by atoms with Gasteiger partial charge < -0.3 is 15.1 Å². The third-order valence-electron chi connectivity index (χ3n) is 3.00. The van der Waals surface area contributed by atoms with Crippen LogP contribution in [0.1, 0.15) is 27.2 Å². The summed E-state index contributed by atoms with van der Waals surface area (Å²) in [7, 11) is 1.78. The molecular formula is C15H18N2O2. The molecule has 0 bridgehead atoms. The Labute approximate surface area is 112 Å². The van der Waals surface area contributed by atoms with Crippen LogP contribution in [-0.2, 0) is 13.1 Å². The number of benzene rings is 1. The van der Waals surface area contributed by atoms with Crippen molar-refractivity contribution in [2.75, 3.05) is 7.05 Å². The molecule has 2 aromatic rings. The highest BCUT2D eigenvalue weighted by Gasteiger charge is 2.14. The molecule has 0 unspecified atom stereocenters. The van der Waals surface area contributed by atoms with Crippen LogP contribution in [0.5, 0.6) is 0 Å². The van der Waals surface area contributed by atoms with E-state index in [4.69, 9.17) is 10.2 Å². The number of carbonyl (C=O) groups excluding carboxylic acids is 1. The lowest BCUT2D eigenvalue weighted by molar-refractivity contribution is 0.0784. The van der Waals surface area contributed by atoms with Crippen LogP contribution in [0.2, 0.25) is 0 Å². The van der Waals surface area contributed by atoms with Gasteiger partial charge >= 0.3 is 0 Å². The minimum absolute atomic E-state index is 0.0419. The maximum absolute atomic E-state index is 12.1. The molecule has 0 saturated carbocycles. The van der Waals surface area contributed by atoms with Gasteiger partial charge in [0.05, 0.1) is 5.56 Å². The molecule has 1 amide bonds. The molecule has 1 aromatic heterocycles. The van der Waals surface area contributed by atoms with Crippen LogP contribution in [0.4, 0.5) is 0 Å². The molecule has 19 heavy (non-hydrogen) atoms. The zero-order valence-electron chi connectivity index (χ0n) is 11.2. The van der Waals surface area contributed by atoms with E-state index >= 15 is 0 Å². The fraction of sp³-hybridized carbons (Fsp3) is 0.267. The summed E-state index contributed by atoms with van der Waals surface area (Å²) in [6.45, 7) is 2.92. The summed E-state index contributed by atoms with van der Waals surface area (Å²) in [6, 6.07) is 9.70. The van der Waals surface area contributed by atoms with Gasteiger partial charge in [0.15, 0.2) is 0 Å².